The van der Waals surface area contributed by atoms with E-state index in [0.29, 0.717) is 5.92 Å². The summed E-state index contributed by atoms with van der Waals surface area (Å²) < 4.78 is 5.58. The van der Waals surface area contributed by atoms with Gasteiger partial charge in [0.05, 0.1) is 13.2 Å². The van der Waals surface area contributed by atoms with Gasteiger partial charge in [-0.1, -0.05) is 32.4 Å². The predicted molar refractivity (Wildman–Crippen MR) is 57.3 cm³/mol. The molecule has 0 fully saturated rings. The second kappa shape index (κ2) is 5.66. The molecular weight excluding hydrogens is 176 g/mol. The van der Waals surface area contributed by atoms with E-state index in [9.17, 15) is 0 Å². The summed E-state index contributed by atoms with van der Waals surface area (Å²) in [5.74, 6) is 1.47. The smallest absolute Gasteiger partial charge is 0.119 e. The highest BCUT2D eigenvalue weighted by atomic mass is 16.5. The molecule has 0 bridgehead atoms. The molecule has 0 saturated carbocycles. The van der Waals surface area contributed by atoms with E-state index in [2.05, 4.69) is 13.8 Å². The first kappa shape index (κ1) is 11.1. The topological polar surface area (TPSA) is 29.5 Å². The van der Waals surface area contributed by atoms with Crippen LogP contribution in [0.1, 0.15) is 25.8 Å². The van der Waals surface area contributed by atoms with E-state index in [1.807, 2.05) is 24.3 Å². The first-order chi connectivity index (χ1) is 6.76. The van der Waals surface area contributed by atoms with E-state index in [4.69, 9.17) is 9.84 Å². The lowest BCUT2D eigenvalue weighted by Gasteiger charge is -2.10. The van der Waals surface area contributed by atoms with Crippen LogP contribution in [0.2, 0.25) is 0 Å². The van der Waals surface area contributed by atoms with Gasteiger partial charge in [0, 0.05) is 0 Å². The van der Waals surface area contributed by atoms with Crippen LogP contribution in [0.3, 0.4) is 0 Å². The van der Waals surface area contributed by atoms with Gasteiger partial charge in [0.2, 0.25) is 0 Å². The highest BCUT2D eigenvalue weighted by Gasteiger charge is 1.99. The lowest BCUT2D eigenvalue weighted by Crippen LogP contribution is -2.07. The first-order valence-corrected chi connectivity index (χ1v) is 5.08. The SMILES string of the molecule is CCC(C)COc1ccc(CO)cc1. The average molecular weight is 194 g/mol. The summed E-state index contributed by atoms with van der Waals surface area (Å²) >= 11 is 0. The molecule has 1 unspecified atom stereocenters. The Balaban J connectivity index is 2.43. The van der Waals surface area contributed by atoms with Crippen LogP contribution in [-0.4, -0.2) is 11.7 Å². The maximum atomic E-state index is 8.84. The van der Waals surface area contributed by atoms with Crippen molar-refractivity contribution in [2.75, 3.05) is 6.61 Å². The average Bonchev–Trinajstić information content (AvgIpc) is 2.26. The molecule has 1 atom stereocenters. The van der Waals surface area contributed by atoms with E-state index in [1.54, 1.807) is 0 Å². The summed E-state index contributed by atoms with van der Waals surface area (Å²) in [5.41, 5.74) is 0.917. The van der Waals surface area contributed by atoms with Gasteiger partial charge in [-0.15, -0.1) is 0 Å². The normalized spacial score (nSPS) is 12.5. The Hall–Kier alpha value is -1.02. The molecular formula is C12H18O2. The van der Waals surface area contributed by atoms with Crippen molar-refractivity contribution >= 4 is 0 Å². The molecule has 0 radical (unpaired) electrons. The third-order valence-electron chi connectivity index (χ3n) is 2.34. The second-order valence-electron chi connectivity index (χ2n) is 3.63. The Morgan fingerprint density at radius 1 is 1.29 bits per heavy atom. The summed E-state index contributed by atoms with van der Waals surface area (Å²) in [7, 11) is 0. The Bertz CT molecular complexity index is 254. The van der Waals surface area contributed by atoms with Gasteiger partial charge in [-0.2, -0.15) is 0 Å². The molecule has 1 aromatic carbocycles. The summed E-state index contributed by atoms with van der Waals surface area (Å²) in [5, 5.41) is 8.84. The van der Waals surface area contributed by atoms with Gasteiger partial charge in [-0.25, -0.2) is 0 Å². The van der Waals surface area contributed by atoms with Gasteiger partial charge >= 0.3 is 0 Å². The summed E-state index contributed by atoms with van der Waals surface area (Å²) in [6.07, 6.45) is 1.13. The van der Waals surface area contributed by atoms with Crippen LogP contribution in [0, 0.1) is 5.92 Å². The van der Waals surface area contributed by atoms with Crippen molar-refractivity contribution in [3.05, 3.63) is 29.8 Å². The van der Waals surface area contributed by atoms with E-state index in [-0.39, 0.29) is 6.61 Å². The first-order valence-electron chi connectivity index (χ1n) is 5.08. The summed E-state index contributed by atoms with van der Waals surface area (Å²) in [6.45, 7) is 5.17. The molecule has 14 heavy (non-hydrogen) atoms. The van der Waals surface area contributed by atoms with Crippen molar-refractivity contribution in [2.45, 2.75) is 26.9 Å². The highest BCUT2D eigenvalue weighted by molar-refractivity contribution is 5.26. The molecule has 0 aliphatic rings. The Morgan fingerprint density at radius 3 is 2.43 bits per heavy atom. The van der Waals surface area contributed by atoms with E-state index in [0.717, 1.165) is 24.3 Å². The van der Waals surface area contributed by atoms with Crippen molar-refractivity contribution in [2.24, 2.45) is 5.92 Å². The molecule has 0 aromatic heterocycles. The van der Waals surface area contributed by atoms with Crippen LogP contribution in [0.25, 0.3) is 0 Å². The maximum Gasteiger partial charge on any atom is 0.119 e. The molecule has 2 heteroatoms. The van der Waals surface area contributed by atoms with Gasteiger partial charge in [-0.3, -0.25) is 0 Å². The van der Waals surface area contributed by atoms with Crippen LogP contribution >= 0.6 is 0 Å². The van der Waals surface area contributed by atoms with Crippen LogP contribution in [0.15, 0.2) is 24.3 Å². The number of rotatable bonds is 5. The lowest BCUT2D eigenvalue weighted by molar-refractivity contribution is 0.256. The number of hydrogen-bond donors (Lipinski definition) is 1. The van der Waals surface area contributed by atoms with Gasteiger partial charge in [0.1, 0.15) is 5.75 Å². The molecule has 0 heterocycles. The maximum absolute atomic E-state index is 8.84. The van der Waals surface area contributed by atoms with Crippen molar-refractivity contribution in [3.63, 3.8) is 0 Å². The van der Waals surface area contributed by atoms with Crippen LogP contribution in [-0.2, 0) is 6.61 Å². The molecule has 0 aliphatic carbocycles. The zero-order valence-electron chi connectivity index (χ0n) is 8.86. The van der Waals surface area contributed by atoms with Gasteiger partial charge in [-0.05, 0) is 23.6 Å². The molecule has 78 valence electrons. The lowest BCUT2D eigenvalue weighted by atomic mass is 10.1. The number of aliphatic hydroxyl groups is 1. The van der Waals surface area contributed by atoms with Crippen molar-refractivity contribution in [1.29, 1.82) is 0 Å². The quantitative estimate of drug-likeness (QED) is 0.780. The fraction of sp³-hybridized carbons (Fsp3) is 0.500. The molecule has 0 aliphatic heterocycles. The van der Waals surface area contributed by atoms with Crippen LogP contribution < -0.4 is 4.74 Å². The van der Waals surface area contributed by atoms with Gasteiger partial charge in [0.15, 0.2) is 0 Å². The zero-order valence-corrected chi connectivity index (χ0v) is 8.86. The molecule has 0 amide bonds. The standard InChI is InChI=1S/C12H18O2/c1-3-10(2)9-14-12-6-4-11(8-13)5-7-12/h4-7,10,13H,3,8-9H2,1-2H3. The van der Waals surface area contributed by atoms with Crippen LogP contribution in [0.4, 0.5) is 0 Å². The van der Waals surface area contributed by atoms with Crippen molar-refractivity contribution in [1.82, 2.24) is 0 Å². The Kier molecular flexibility index (Phi) is 4.47. The molecule has 2 nitrogen and oxygen atoms in total. The van der Waals surface area contributed by atoms with E-state index >= 15 is 0 Å². The fourth-order valence-corrected chi connectivity index (χ4v) is 1.05. The number of ether oxygens (including phenoxy) is 1. The zero-order chi connectivity index (χ0) is 10.4. The number of hydrogen-bond acceptors (Lipinski definition) is 2. The summed E-state index contributed by atoms with van der Waals surface area (Å²) in [6, 6.07) is 7.56. The minimum atomic E-state index is 0.0889. The molecule has 1 rings (SSSR count). The second-order valence-corrected chi connectivity index (χ2v) is 3.63. The largest absolute Gasteiger partial charge is 0.493 e. The Morgan fingerprint density at radius 2 is 1.93 bits per heavy atom. The van der Waals surface area contributed by atoms with Crippen molar-refractivity contribution in [3.8, 4) is 5.75 Å². The van der Waals surface area contributed by atoms with Crippen molar-refractivity contribution < 1.29 is 9.84 Å². The van der Waals surface area contributed by atoms with E-state index < -0.39 is 0 Å². The third kappa shape index (κ3) is 3.38. The number of aliphatic hydroxyl groups excluding tert-OH is 1. The summed E-state index contributed by atoms with van der Waals surface area (Å²) in [4.78, 5) is 0. The van der Waals surface area contributed by atoms with Gasteiger partial charge in [0.25, 0.3) is 0 Å². The predicted octanol–water partition coefficient (Wildman–Crippen LogP) is 2.60. The van der Waals surface area contributed by atoms with Crippen LogP contribution in [0.5, 0.6) is 5.75 Å². The molecule has 1 N–H and O–H groups in total. The fourth-order valence-electron chi connectivity index (χ4n) is 1.05. The Labute approximate surface area is 85.5 Å². The van der Waals surface area contributed by atoms with E-state index in [1.165, 1.54) is 0 Å². The monoisotopic (exact) mass is 194 g/mol. The minimum Gasteiger partial charge on any atom is -0.493 e. The number of benzene rings is 1. The molecule has 0 spiro atoms. The third-order valence-corrected chi connectivity index (χ3v) is 2.34. The van der Waals surface area contributed by atoms with Gasteiger partial charge < -0.3 is 9.84 Å². The minimum absolute atomic E-state index is 0.0889. The molecule has 1 aromatic rings. The molecule has 0 saturated heterocycles. The highest BCUT2D eigenvalue weighted by Crippen LogP contribution is 2.13.